The van der Waals surface area contributed by atoms with Gasteiger partial charge in [-0.25, -0.2) is 0 Å². The standard InChI is InChI=1S/C10H19NO3/c12-5-1-3-9-8-14-10(7-11-9)4-2-6-13/h5,9-11,13H,1-4,6-8H2. The fourth-order valence-corrected chi connectivity index (χ4v) is 1.63. The summed E-state index contributed by atoms with van der Waals surface area (Å²) in [6.07, 6.45) is 4.34. The molecular formula is C10H19NO3. The molecule has 0 radical (unpaired) electrons. The van der Waals surface area contributed by atoms with Crippen LogP contribution in [0.15, 0.2) is 0 Å². The summed E-state index contributed by atoms with van der Waals surface area (Å²) in [6.45, 7) is 1.75. The lowest BCUT2D eigenvalue weighted by Crippen LogP contribution is -2.46. The van der Waals surface area contributed by atoms with Gasteiger partial charge in [0.25, 0.3) is 0 Å². The number of carbonyl (C=O) groups is 1. The molecule has 1 aliphatic heterocycles. The van der Waals surface area contributed by atoms with Crippen molar-refractivity contribution in [1.29, 1.82) is 0 Å². The van der Waals surface area contributed by atoms with Crippen molar-refractivity contribution in [3.63, 3.8) is 0 Å². The summed E-state index contributed by atoms with van der Waals surface area (Å²) in [7, 11) is 0. The van der Waals surface area contributed by atoms with Gasteiger partial charge in [-0.3, -0.25) is 0 Å². The maximum absolute atomic E-state index is 10.2. The maximum atomic E-state index is 10.2. The van der Waals surface area contributed by atoms with E-state index in [0.717, 1.165) is 32.1 Å². The molecule has 0 aromatic carbocycles. The molecule has 1 heterocycles. The molecule has 1 fully saturated rings. The van der Waals surface area contributed by atoms with Gasteiger partial charge in [-0.05, 0) is 19.3 Å². The van der Waals surface area contributed by atoms with Crippen LogP contribution in [0, 0.1) is 0 Å². The molecule has 4 heteroatoms. The number of ether oxygens (including phenoxy) is 1. The largest absolute Gasteiger partial charge is 0.396 e. The monoisotopic (exact) mass is 201 g/mol. The highest BCUT2D eigenvalue weighted by Gasteiger charge is 2.19. The highest BCUT2D eigenvalue weighted by atomic mass is 16.5. The van der Waals surface area contributed by atoms with E-state index in [0.29, 0.717) is 19.1 Å². The second kappa shape index (κ2) is 6.92. The summed E-state index contributed by atoms with van der Waals surface area (Å²) >= 11 is 0. The molecule has 0 aromatic rings. The minimum atomic E-state index is 0.231. The zero-order valence-electron chi connectivity index (χ0n) is 8.45. The molecule has 2 N–H and O–H groups in total. The number of aliphatic hydroxyl groups excluding tert-OH is 1. The van der Waals surface area contributed by atoms with Gasteiger partial charge in [0.15, 0.2) is 0 Å². The van der Waals surface area contributed by atoms with Crippen molar-refractivity contribution < 1.29 is 14.6 Å². The van der Waals surface area contributed by atoms with Crippen LogP contribution in [0.4, 0.5) is 0 Å². The molecule has 0 aromatic heterocycles. The molecule has 0 amide bonds. The number of carbonyl (C=O) groups excluding carboxylic acids is 1. The molecule has 82 valence electrons. The second-order valence-electron chi connectivity index (χ2n) is 3.67. The van der Waals surface area contributed by atoms with E-state index >= 15 is 0 Å². The lowest BCUT2D eigenvalue weighted by atomic mass is 10.1. The van der Waals surface area contributed by atoms with Gasteiger partial charge in [-0.2, -0.15) is 0 Å². The van der Waals surface area contributed by atoms with E-state index < -0.39 is 0 Å². The number of aldehydes is 1. The van der Waals surface area contributed by atoms with Gasteiger partial charge in [-0.15, -0.1) is 0 Å². The predicted molar refractivity (Wildman–Crippen MR) is 53.1 cm³/mol. The van der Waals surface area contributed by atoms with Gasteiger partial charge >= 0.3 is 0 Å². The molecular weight excluding hydrogens is 182 g/mol. The molecule has 1 aliphatic rings. The van der Waals surface area contributed by atoms with Crippen LogP contribution in [0.2, 0.25) is 0 Å². The van der Waals surface area contributed by atoms with Gasteiger partial charge < -0.3 is 20.0 Å². The number of rotatable bonds is 6. The molecule has 2 atom stereocenters. The zero-order valence-corrected chi connectivity index (χ0v) is 8.45. The first-order valence-electron chi connectivity index (χ1n) is 5.26. The van der Waals surface area contributed by atoms with Crippen LogP contribution in [-0.2, 0) is 9.53 Å². The summed E-state index contributed by atoms with van der Waals surface area (Å²) in [5, 5.41) is 12.0. The average molecular weight is 201 g/mol. The molecule has 14 heavy (non-hydrogen) atoms. The van der Waals surface area contributed by atoms with Crippen molar-refractivity contribution in [3.05, 3.63) is 0 Å². The van der Waals surface area contributed by atoms with E-state index in [2.05, 4.69) is 5.32 Å². The number of nitrogens with one attached hydrogen (secondary N) is 1. The van der Waals surface area contributed by atoms with Crippen molar-refractivity contribution in [2.45, 2.75) is 37.8 Å². The minimum Gasteiger partial charge on any atom is -0.396 e. The van der Waals surface area contributed by atoms with Crippen molar-refractivity contribution in [1.82, 2.24) is 5.32 Å². The van der Waals surface area contributed by atoms with Crippen LogP contribution >= 0.6 is 0 Å². The summed E-state index contributed by atoms with van der Waals surface area (Å²) in [5.41, 5.74) is 0. The number of hydrogen-bond acceptors (Lipinski definition) is 4. The van der Waals surface area contributed by atoms with Crippen molar-refractivity contribution >= 4 is 6.29 Å². The highest BCUT2D eigenvalue weighted by Crippen LogP contribution is 2.09. The van der Waals surface area contributed by atoms with Gasteiger partial charge in [-0.1, -0.05) is 0 Å². The Morgan fingerprint density at radius 2 is 2.36 bits per heavy atom. The van der Waals surface area contributed by atoms with E-state index in [-0.39, 0.29) is 12.7 Å². The van der Waals surface area contributed by atoms with Crippen molar-refractivity contribution in [2.75, 3.05) is 19.8 Å². The van der Waals surface area contributed by atoms with Crippen molar-refractivity contribution in [3.8, 4) is 0 Å². The molecule has 2 unspecified atom stereocenters. The third-order valence-electron chi connectivity index (χ3n) is 2.48. The van der Waals surface area contributed by atoms with Gasteiger partial charge in [0.2, 0.25) is 0 Å². The third kappa shape index (κ3) is 4.17. The van der Waals surface area contributed by atoms with Crippen LogP contribution in [-0.4, -0.2) is 43.3 Å². The van der Waals surface area contributed by atoms with Crippen molar-refractivity contribution in [2.24, 2.45) is 0 Å². The first kappa shape index (κ1) is 11.6. The molecule has 0 saturated carbocycles. The number of aliphatic hydroxyl groups is 1. The minimum absolute atomic E-state index is 0.231. The van der Waals surface area contributed by atoms with E-state index in [1.54, 1.807) is 0 Å². The topological polar surface area (TPSA) is 58.6 Å². The van der Waals surface area contributed by atoms with Gasteiger partial charge in [0.05, 0.1) is 12.7 Å². The Labute approximate surface area is 84.6 Å². The Morgan fingerprint density at radius 3 is 2.93 bits per heavy atom. The predicted octanol–water partition coefficient (Wildman–Crippen LogP) is 0.0950. The molecule has 0 bridgehead atoms. The lowest BCUT2D eigenvalue weighted by molar-refractivity contribution is -0.108. The molecule has 0 aliphatic carbocycles. The molecule has 4 nitrogen and oxygen atoms in total. The smallest absolute Gasteiger partial charge is 0.120 e. The summed E-state index contributed by atoms with van der Waals surface area (Å²) in [4.78, 5) is 10.2. The third-order valence-corrected chi connectivity index (χ3v) is 2.48. The quantitative estimate of drug-likeness (QED) is 0.598. The lowest BCUT2D eigenvalue weighted by Gasteiger charge is -2.30. The second-order valence-corrected chi connectivity index (χ2v) is 3.67. The fraction of sp³-hybridized carbons (Fsp3) is 0.900. The van der Waals surface area contributed by atoms with E-state index in [1.807, 2.05) is 0 Å². The van der Waals surface area contributed by atoms with Crippen LogP contribution in [0.25, 0.3) is 0 Å². The Balaban J connectivity index is 2.08. The SMILES string of the molecule is O=CCCC1COC(CCCO)CN1. The Kier molecular flexibility index (Phi) is 5.75. The maximum Gasteiger partial charge on any atom is 0.120 e. The Hall–Kier alpha value is -0.450. The van der Waals surface area contributed by atoms with Crippen LogP contribution in [0.5, 0.6) is 0 Å². The molecule has 1 saturated heterocycles. The van der Waals surface area contributed by atoms with Crippen LogP contribution in [0.1, 0.15) is 25.7 Å². The molecule has 1 rings (SSSR count). The summed E-state index contributed by atoms with van der Waals surface area (Å²) in [6, 6.07) is 0.325. The van der Waals surface area contributed by atoms with Gasteiger partial charge in [0, 0.05) is 25.6 Å². The van der Waals surface area contributed by atoms with E-state index in [4.69, 9.17) is 9.84 Å². The van der Waals surface area contributed by atoms with Crippen LogP contribution < -0.4 is 5.32 Å². The number of morpholine rings is 1. The van der Waals surface area contributed by atoms with Gasteiger partial charge in [0.1, 0.15) is 6.29 Å². The first-order valence-corrected chi connectivity index (χ1v) is 5.26. The Morgan fingerprint density at radius 1 is 1.50 bits per heavy atom. The molecule has 0 spiro atoms. The highest BCUT2D eigenvalue weighted by molar-refractivity contribution is 5.49. The summed E-state index contributed by atoms with van der Waals surface area (Å²) in [5.74, 6) is 0. The first-order chi connectivity index (χ1) is 6.86. The normalized spacial score (nSPS) is 27.5. The zero-order chi connectivity index (χ0) is 10.2. The fourth-order valence-electron chi connectivity index (χ4n) is 1.63. The van der Waals surface area contributed by atoms with E-state index in [1.165, 1.54) is 0 Å². The average Bonchev–Trinajstić information content (AvgIpc) is 2.25. The van der Waals surface area contributed by atoms with E-state index in [9.17, 15) is 4.79 Å². The van der Waals surface area contributed by atoms with Crippen LogP contribution in [0.3, 0.4) is 0 Å². The number of hydrogen-bond donors (Lipinski definition) is 2. The summed E-state index contributed by atoms with van der Waals surface area (Å²) < 4.78 is 5.60. The Bertz CT molecular complexity index is 155.